The Morgan fingerprint density at radius 3 is 1.73 bits per heavy atom. The van der Waals surface area contributed by atoms with E-state index < -0.39 is 0 Å². The van der Waals surface area contributed by atoms with Crippen LogP contribution in [0.1, 0.15) is 78.1 Å². The summed E-state index contributed by atoms with van der Waals surface area (Å²) in [6.07, 6.45) is 13.9. The monoisotopic (exact) mass is 214 g/mol. The van der Waals surface area contributed by atoms with Crippen LogP contribution in [0.4, 0.5) is 0 Å². The predicted molar refractivity (Wildman–Crippen MR) is 68.3 cm³/mol. The first-order valence-corrected chi connectivity index (χ1v) is 6.87. The molecule has 0 aliphatic heterocycles. The van der Waals surface area contributed by atoms with E-state index in [1.54, 1.807) is 0 Å². The lowest BCUT2D eigenvalue weighted by Crippen LogP contribution is -2.10. The molecule has 1 nitrogen and oxygen atoms in total. The maximum Gasteiger partial charge on any atom is 0.0571 e. The van der Waals surface area contributed by atoms with Gasteiger partial charge >= 0.3 is 0 Å². The summed E-state index contributed by atoms with van der Waals surface area (Å²) in [5.74, 6) is 0. The minimum Gasteiger partial charge on any atom is -0.381 e. The van der Waals surface area contributed by atoms with Crippen molar-refractivity contribution in [3.05, 3.63) is 0 Å². The van der Waals surface area contributed by atoms with Gasteiger partial charge in [-0.2, -0.15) is 0 Å². The summed E-state index contributed by atoms with van der Waals surface area (Å²) in [7, 11) is 1.86. The van der Waals surface area contributed by atoms with Crippen LogP contribution in [0.15, 0.2) is 0 Å². The van der Waals surface area contributed by atoms with Crippen molar-refractivity contribution >= 4 is 0 Å². The van der Waals surface area contributed by atoms with E-state index in [0.29, 0.717) is 6.10 Å². The van der Waals surface area contributed by atoms with Gasteiger partial charge in [-0.25, -0.2) is 0 Å². The Labute approximate surface area is 96.6 Å². The molecule has 0 aromatic heterocycles. The fourth-order valence-electron chi connectivity index (χ4n) is 1.98. The van der Waals surface area contributed by atoms with Gasteiger partial charge in [0.15, 0.2) is 0 Å². The Hall–Kier alpha value is -0.0400. The maximum atomic E-state index is 5.50. The van der Waals surface area contributed by atoms with Crippen molar-refractivity contribution in [3.63, 3.8) is 0 Å². The van der Waals surface area contributed by atoms with Crippen molar-refractivity contribution in [3.8, 4) is 0 Å². The first-order chi connectivity index (χ1) is 7.35. The van der Waals surface area contributed by atoms with Gasteiger partial charge in [0.25, 0.3) is 0 Å². The van der Waals surface area contributed by atoms with Gasteiger partial charge in [-0.1, -0.05) is 65.2 Å². The van der Waals surface area contributed by atoms with Gasteiger partial charge in [-0.15, -0.1) is 0 Å². The van der Waals surface area contributed by atoms with Gasteiger partial charge in [0.1, 0.15) is 0 Å². The van der Waals surface area contributed by atoms with Gasteiger partial charge in [0.2, 0.25) is 0 Å². The summed E-state index contributed by atoms with van der Waals surface area (Å²) in [5, 5.41) is 0. The van der Waals surface area contributed by atoms with Crippen LogP contribution in [0, 0.1) is 0 Å². The van der Waals surface area contributed by atoms with E-state index in [9.17, 15) is 0 Å². The Kier molecular flexibility index (Phi) is 12.0. The fraction of sp³-hybridized carbons (Fsp3) is 1.00. The van der Waals surface area contributed by atoms with Crippen LogP contribution in [0.5, 0.6) is 0 Å². The number of hydrogen-bond donors (Lipinski definition) is 0. The van der Waals surface area contributed by atoms with E-state index in [0.717, 1.165) is 0 Å². The summed E-state index contributed by atoms with van der Waals surface area (Å²) >= 11 is 0. The fourth-order valence-corrected chi connectivity index (χ4v) is 1.98. The largest absolute Gasteiger partial charge is 0.381 e. The van der Waals surface area contributed by atoms with Crippen molar-refractivity contribution in [2.75, 3.05) is 7.11 Å². The van der Waals surface area contributed by atoms with E-state index in [4.69, 9.17) is 4.74 Å². The van der Waals surface area contributed by atoms with E-state index in [2.05, 4.69) is 13.8 Å². The van der Waals surface area contributed by atoms with Crippen molar-refractivity contribution in [1.82, 2.24) is 0 Å². The second-order valence-corrected chi connectivity index (χ2v) is 4.56. The molecule has 0 saturated heterocycles. The smallest absolute Gasteiger partial charge is 0.0571 e. The van der Waals surface area contributed by atoms with Crippen LogP contribution in [0.25, 0.3) is 0 Å². The molecule has 15 heavy (non-hydrogen) atoms. The molecule has 0 radical (unpaired) electrons. The first kappa shape index (κ1) is 15.0. The summed E-state index contributed by atoms with van der Waals surface area (Å²) < 4.78 is 5.50. The van der Waals surface area contributed by atoms with Crippen LogP contribution >= 0.6 is 0 Å². The molecule has 0 aliphatic carbocycles. The lowest BCUT2D eigenvalue weighted by molar-refractivity contribution is 0.0833. The zero-order chi connectivity index (χ0) is 11.4. The Balaban J connectivity index is 3.28. The molecule has 1 atom stereocenters. The van der Waals surface area contributed by atoms with E-state index in [1.165, 1.54) is 64.2 Å². The summed E-state index contributed by atoms with van der Waals surface area (Å²) in [5.41, 5.74) is 0. The van der Waals surface area contributed by atoms with E-state index >= 15 is 0 Å². The molecule has 0 fully saturated rings. The average molecular weight is 214 g/mol. The molecule has 0 aliphatic rings. The molecular weight excluding hydrogens is 184 g/mol. The number of methoxy groups -OCH3 is 1. The van der Waals surface area contributed by atoms with Gasteiger partial charge < -0.3 is 4.74 Å². The highest BCUT2D eigenvalue weighted by molar-refractivity contribution is 4.58. The third-order valence-corrected chi connectivity index (χ3v) is 3.09. The quantitative estimate of drug-likeness (QED) is 0.442. The molecule has 0 heterocycles. The molecule has 0 saturated carbocycles. The Bertz CT molecular complexity index is 112. The molecule has 1 unspecified atom stereocenters. The third kappa shape index (κ3) is 10.2. The molecule has 0 rings (SSSR count). The topological polar surface area (TPSA) is 9.23 Å². The van der Waals surface area contributed by atoms with Crippen molar-refractivity contribution < 1.29 is 4.74 Å². The standard InChI is InChI=1S/C14H30O/c1-4-6-8-9-11-13-14(15-3)12-10-7-5-2/h14H,4-13H2,1-3H3. The lowest BCUT2D eigenvalue weighted by Gasteiger charge is -2.14. The zero-order valence-corrected chi connectivity index (χ0v) is 11.1. The maximum absolute atomic E-state index is 5.50. The molecular formula is C14H30O. The van der Waals surface area contributed by atoms with E-state index in [-0.39, 0.29) is 0 Å². The van der Waals surface area contributed by atoms with Crippen molar-refractivity contribution in [2.24, 2.45) is 0 Å². The minimum atomic E-state index is 0.526. The van der Waals surface area contributed by atoms with E-state index in [1.807, 2.05) is 7.11 Å². The number of ether oxygens (including phenoxy) is 1. The van der Waals surface area contributed by atoms with Crippen LogP contribution in [-0.2, 0) is 4.74 Å². The van der Waals surface area contributed by atoms with Crippen LogP contribution in [0.2, 0.25) is 0 Å². The summed E-state index contributed by atoms with van der Waals surface area (Å²) in [6.45, 7) is 4.52. The van der Waals surface area contributed by atoms with Crippen LogP contribution in [0.3, 0.4) is 0 Å². The number of unbranched alkanes of at least 4 members (excludes halogenated alkanes) is 6. The molecule has 1 heteroatoms. The SMILES string of the molecule is CCCCCCCC(CCCCC)OC. The normalized spacial score (nSPS) is 13.0. The minimum absolute atomic E-state index is 0.526. The Morgan fingerprint density at radius 1 is 0.733 bits per heavy atom. The second-order valence-electron chi connectivity index (χ2n) is 4.56. The summed E-state index contributed by atoms with van der Waals surface area (Å²) in [6, 6.07) is 0. The van der Waals surface area contributed by atoms with Gasteiger partial charge in [-0.05, 0) is 12.8 Å². The molecule has 0 amide bonds. The molecule has 0 N–H and O–H groups in total. The molecule has 0 aromatic rings. The molecule has 92 valence electrons. The zero-order valence-electron chi connectivity index (χ0n) is 11.1. The first-order valence-electron chi connectivity index (χ1n) is 6.87. The Morgan fingerprint density at radius 2 is 1.20 bits per heavy atom. The van der Waals surface area contributed by atoms with Crippen LogP contribution in [-0.4, -0.2) is 13.2 Å². The highest BCUT2D eigenvalue weighted by Gasteiger charge is 2.05. The predicted octanol–water partition coefficient (Wildman–Crippen LogP) is 4.94. The molecule has 0 aromatic carbocycles. The second kappa shape index (κ2) is 12.0. The summed E-state index contributed by atoms with van der Waals surface area (Å²) in [4.78, 5) is 0. The molecule has 0 bridgehead atoms. The van der Waals surface area contributed by atoms with Gasteiger partial charge in [-0.3, -0.25) is 0 Å². The van der Waals surface area contributed by atoms with Gasteiger partial charge in [0, 0.05) is 7.11 Å². The molecule has 0 spiro atoms. The van der Waals surface area contributed by atoms with Crippen molar-refractivity contribution in [1.29, 1.82) is 0 Å². The lowest BCUT2D eigenvalue weighted by atomic mass is 10.0. The number of rotatable bonds is 11. The van der Waals surface area contributed by atoms with Crippen molar-refractivity contribution in [2.45, 2.75) is 84.2 Å². The third-order valence-electron chi connectivity index (χ3n) is 3.09. The highest BCUT2D eigenvalue weighted by Crippen LogP contribution is 2.14. The highest BCUT2D eigenvalue weighted by atomic mass is 16.5. The van der Waals surface area contributed by atoms with Crippen LogP contribution < -0.4 is 0 Å². The average Bonchev–Trinajstić information content (AvgIpc) is 2.26. The number of hydrogen-bond acceptors (Lipinski definition) is 1. The van der Waals surface area contributed by atoms with Gasteiger partial charge in [0.05, 0.1) is 6.10 Å².